The van der Waals surface area contributed by atoms with Gasteiger partial charge in [0.05, 0.1) is 6.10 Å². The monoisotopic (exact) mass is 200 g/mol. The molecule has 0 aromatic rings. The normalized spacial score (nSPS) is 22.3. The molecule has 2 heteroatoms. The van der Waals surface area contributed by atoms with Crippen LogP contribution in [0.5, 0.6) is 0 Å². The number of rotatable bonds is 3. The third-order valence-electron chi connectivity index (χ3n) is 3.00. The summed E-state index contributed by atoms with van der Waals surface area (Å²) in [4.78, 5) is 0. The molecule has 0 aromatic carbocycles. The zero-order chi connectivity index (χ0) is 10.6. The van der Waals surface area contributed by atoms with Gasteiger partial charge in [0.15, 0.2) is 0 Å². The first-order valence-electron chi connectivity index (χ1n) is 5.75. The van der Waals surface area contributed by atoms with Crippen LogP contribution in [0.1, 0.15) is 46.5 Å². The van der Waals surface area contributed by atoms with E-state index in [1.807, 2.05) is 0 Å². The van der Waals surface area contributed by atoms with Crippen molar-refractivity contribution in [1.29, 1.82) is 0 Å². The average molecular weight is 200 g/mol. The van der Waals surface area contributed by atoms with Gasteiger partial charge in [-0.2, -0.15) is 0 Å². The maximum Gasteiger partial charge on any atom is 0.0570 e. The first kappa shape index (κ1) is 12.0. The fraction of sp³-hybridized carbons (Fsp3) is 1.00. The smallest absolute Gasteiger partial charge is 0.0570 e. The van der Waals surface area contributed by atoms with Crippen LogP contribution in [0.25, 0.3) is 0 Å². The molecule has 1 rings (SSSR count). The molecular weight excluding hydrogens is 176 g/mol. The van der Waals surface area contributed by atoms with Crippen molar-refractivity contribution in [2.45, 2.75) is 52.6 Å². The van der Waals surface area contributed by atoms with E-state index in [4.69, 9.17) is 4.74 Å². The van der Waals surface area contributed by atoms with E-state index < -0.39 is 0 Å². The fourth-order valence-electron chi connectivity index (χ4n) is 1.92. The number of hydrogen-bond donors (Lipinski definition) is 1. The second kappa shape index (κ2) is 5.13. The quantitative estimate of drug-likeness (QED) is 0.759. The Morgan fingerprint density at radius 3 is 2.36 bits per heavy atom. The third-order valence-corrected chi connectivity index (χ3v) is 3.00. The van der Waals surface area contributed by atoms with Crippen molar-refractivity contribution in [1.82, 2.24) is 0 Å². The lowest BCUT2D eigenvalue weighted by Crippen LogP contribution is -2.28. The van der Waals surface area contributed by atoms with Crippen LogP contribution >= 0.6 is 0 Å². The Labute approximate surface area is 87.7 Å². The van der Waals surface area contributed by atoms with Crippen LogP contribution in [-0.2, 0) is 4.74 Å². The van der Waals surface area contributed by atoms with Gasteiger partial charge in [0.1, 0.15) is 0 Å². The fourth-order valence-corrected chi connectivity index (χ4v) is 1.92. The van der Waals surface area contributed by atoms with Crippen molar-refractivity contribution < 1.29 is 9.84 Å². The van der Waals surface area contributed by atoms with Crippen molar-refractivity contribution in [3.05, 3.63) is 0 Å². The number of ether oxygens (including phenoxy) is 1. The van der Waals surface area contributed by atoms with Crippen LogP contribution in [0.3, 0.4) is 0 Å². The van der Waals surface area contributed by atoms with E-state index in [0.29, 0.717) is 11.3 Å². The summed E-state index contributed by atoms with van der Waals surface area (Å²) in [6.07, 6.45) is 3.99. The molecule has 1 N–H and O–H groups in total. The van der Waals surface area contributed by atoms with Crippen molar-refractivity contribution in [3.63, 3.8) is 0 Å². The highest BCUT2D eigenvalue weighted by Crippen LogP contribution is 2.27. The van der Waals surface area contributed by atoms with Crippen LogP contribution in [0.4, 0.5) is 0 Å². The highest BCUT2D eigenvalue weighted by Gasteiger charge is 2.23. The summed E-state index contributed by atoms with van der Waals surface area (Å²) < 4.78 is 5.28. The van der Waals surface area contributed by atoms with E-state index in [1.165, 1.54) is 0 Å². The Balaban J connectivity index is 2.23. The van der Waals surface area contributed by atoms with Crippen molar-refractivity contribution in [3.8, 4) is 0 Å². The molecule has 14 heavy (non-hydrogen) atoms. The van der Waals surface area contributed by atoms with Gasteiger partial charge in [-0.05, 0) is 37.0 Å². The standard InChI is InChI=1S/C12H24O2/c1-12(2,3)7-4-11(13)10-5-8-14-9-6-10/h10-11,13H,4-9H2,1-3H3. The molecule has 1 fully saturated rings. The topological polar surface area (TPSA) is 29.5 Å². The number of aliphatic hydroxyl groups excluding tert-OH is 1. The van der Waals surface area contributed by atoms with Gasteiger partial charge in [-0.15, -0.1) is 0 Å². The first-order valence-corrected chi connectivity index (χ1v) is 5.75. The number of hydrogen-bond acceptors (Lipinski definition) is 2. The minimum absolute atomic E-state index is 0.113. The van der Waals surface area contributed by atoms with Crippen LogP contribution < -0.4 is 0 Å². The Morgan fingerprint density at radius 1 is 1.29 bits per heavy atom. The highest BCUT2D eigenvalue weighted by molar-refractivity contribution is 4.74. The highest BCUT2D eigenvalue weighted by atomic mass is 16.5. The minimum Gasteiger partial charge on any atom is -0.393 e. The van der Waals surface area contributed by atoms with Gasteiger partial charge in [0, 0.05) is 13.2 Å². The Bertz CT molecular complexity index is 154. The molecular formula is C12H24O2. The molecule has 1 aliphatic heterocycles. The maximum atomic E-state index is 9.98. The molecule has 1 aliphatic rings. The molecule has 84 valence electrons. The molecule has 0 bridgehead atoms. The van der Waals surface area contributed by atoms with E-state index >= 15 is 0 Å². The van der Waals surface area contributed by atoms with Gasteiger partial charge in [-0.25, -0.2) is 0 Å². The second-order valence-corrected chi connectivity index (χ2v) is 5.62. The Hall–Kier alpha value is -0.0800. The summed E-state index contributed by atoms with van der Waals surface area (Å²) in [6.45, 7) is 8.34. The summed E-state index contributed by atoms with van der Waals surface area (Å²) in [5, 5.41) is 9.98. The zero-order valence-corrected chi connectivity index (χ0v) is 9.75. The lowest BCUT2D eigenvalue weighted by atomic mass is 9.84. The summed E-state index contributed by atoms with van der Waals surface area (Å²) in [5.74, 6) is 0.478. The lowest BCUT2D eigenvalue weighted by molar-refractivity contribution is 0.00118. The van der Waals surface area contributed by atoms with E-state index in [9.17, 15) is 5.11 Å². The van der Waals surface area contributed by atoms with E-state index in [0.717, 1.165) is 38.9 Å². The first-order chi connectivity index (χ1) is 6.49. The second-order valence-electron chi connectivity index (χ2n) is 5.62. The number of aliphatic hydroxyl groups is 1. The molecule has 2 nitrogen and oxygen atoms in total. The molecule has 0 amide bonds. The predicted molar refractivity (Wildman–Crippen MR) is 58.2 cm³/mol. The van der Waals surface area contributed by atoms with Gasteiger partial charge in [-0.3, -0.25) is 0 Å². The molecule has 1 atom stereocenters. The molecule has 0 spiro atoms. The average Bonchev–Trinajstić information content (AvgIpc) is 2.14. The summed E-state index contributed by atoms with van der Waals surface area (Å²) in [5.41, 5.74) is 0.339. The molecule has 1 saturated heterocycles. The van der Waals surface area contributed by atoms with Gasteiger partial charge in [0.2, 0.25) is 0 Å². The molecule has 0 radical (unpaired) electrons. The SMILES string of the molecule is CC(C)(C)CCC(O)C1CCOCC1. The predicted octanol–water partition coefficient (Wildman–Crippen LogP) is 2.60. The van der Waals surface area contributed by atoms with Crippen molar-refractivity contribution >= 4 is 0 Å². The van der Waals surface area contributed by atoms with Crippen LogP contribution in [-0.4, -0.2) is 24.4 Å². The van der Waals surface area contributed by atoms with Gasteiger partial charge < -0.3 is 9.84 Å². The summed E-state index contributed by atoms with van der Waals surface area (Å²) >= 11 is 0. The van der Waals surface area contributed by atoms with Crippen LogP contribution in [0.15, 0.2) is 0 Å². The molecule has 1 unspecified atom stereocenters. The molecule has 1 heterocycles. The van der Waals surface area contributed by atoms with Crippen molar-refractivity contribution in [2.24, 2.45) is 11.3 Å². The van der Waals surface area contributed by atoms with Crippen LogP contribution in [0.2, 0.25) is 0 Å². The summed E-state index contributed by atoms with van der Waals surface area (Å²) in [7, 11) is 0. The van der Waals surface area contributed by atoms with Gasteiger partial charge >= 0.3 is 0 Å². The lowest BCUT2D eigenvalue weighted by Gasteiger charge is -2.28. The molecule has 0 aromatic heterocycles. The summed E-state index contributed by atoms with van der Waals surface area (Å²) in [6, 6.07) is 0. The molecule has 0 aliphatic carbocycles. The minimum atomic E-state index is -0.113. The maximum absolute atomic E-state index is 9.98. The van der Waals surface area contributed by atoms with E-state index in [2.05, 4.69) is 20.8 Å². The zero-order valence-electron chi connectivity index (χ0n) is 9.75. The Kier molecular flexibility index (Phi) is 4.39. The van der Waals surface area contributed by atoms with E-state index in [-0.39, 0.29) is 6.10 Å². The largest absolute Gasteiger partial charge is 0.393 e. The van der Waals surface area contributed by atoms with Gasteiger partial charge in [-0.1, -0.05) is 20.8 Å². The van der Waals surface area contributed by atoms with E-state index in [1.54, 1.807) is 0 Å². The Morgan fingerprint density at radius 2 is 1.86 bits per heavy atom. The van der Waals surface area contributed by atoms with Crippen molar-refractivity contribution in [2.75, 3.05) is 13.2 Å². The molecule has 0 saturated carbocycles. The van der Waals surface area contributed by atoms with Gasteiger partial charge in [0.25, 0.3) is 0 Å². The van der Waals surface area contributed by atoms with Crippen LogP contribution in [0, 0.1) is 11.3 Å². The third kappa shape index (κ3) is 4.43.